The molecule has 0 unspecified atom stereocenters. The van der Waals surface area contributed by atoms with Crippen LogP contribution < -0.4 is 15.2 Å². The van der Waals surface area contributed by atoms with Gasteiger partial charge in [0.25, 0.3) is 0 Å². The summed E-state index contributed by atoms with van der Waals surface area (Å²) < 4.78 is 28.0. The van der Waals surface area contributed by atoms with Crippen molar-refractivity contribution in [2.24, 2.45) is 0 Å². The molecule has 0 aromatic carbocycles. The molecule has 0 radical (unpaired) electrons. The second-order valence-corrected chi connectivity index (χ2v) is 5.81. The summed E-state index contributed by atoms with van der Waals surface area (Å²) in [4.78, 5) is 3.84. The van der Waals surface area contributed by atoms with Crippen LogP contribution in [0.2, 0.25) is 0 Å². The third kappa shape index (κ3) is 4.03. The molecule has 0 aliphatic heterocycles. The van der Waals surface area contributed by atoms with Crippen molar-refractivity contribution in [2.45, 2.75) is 26.3 Å². The SMILES string of the molecule is CC(C)(C)NS(=O)(=O)Nc1ncccc1N. The molecule has 1 rings (SSSR count). The van der Waals surface area contributed by atoms with Gasteiger partial charge in [-0.05, 0) is 32.9 Å². The van der Waals surface area contributed by atoms with Crippen LogP contribution in [-0.2, 0) is 10.2 Å². The summed E-state index contributed by atoms with van der Waals surface area (Å²) in [5.41, 5.74) is 5.29. The number of pyridine rings is 1. The highest BCUT2D eigenvalue weighted by Crippen LogP contribution is 2.14. The maximum Gasteiger partial charge on any atom is 0.300 e. The molecule has 0 amide bonds. The highest BCUT2D eigenvalue weighted by Gasteiger charge is 2.20. The Morgan fingerprint density at radius 1 is 1.38 bits per heavy atom. The zero-order valence-electron chi connectivity index (χ0n) is 9.48. The number of nitrogens with zero attached hydrogens (tertiary/aromatic N) is 1. The van der Waals surface area contributed by atoms with Gasteiger partial charge in [0.05, 0.1) is 5.69 Å². The van der Waals surface area contributed by atoms with E-state index < -0.39 is 15.7 Å². The second kappa shape index (κ2) is 4.26. The van der Waals surface area contributed by atoms with Crippen molar-refractivity contribution >= 4 is 21.7 Å². The van der Waals surface area contributed by atoms with Crippen molar-refractivity contribution < 1.29 is 8.42 Å². The Morgan fingerprint density at radius 2 is 2.00 bits per heavy atom. The van der Waals surface area contributed by atoms with Gasteiger partial charge in [-0.3, -0.25) is 4.72 Å². The van der Waals surface area contributed by atoms with Crippen LogP contribution in [0.5, 0.6) is 0 Å². The molecule has 1 aromatic heterocycles. The minimum absolute atomic E-state index is 0.124. The first-order valence-corrected chi connectivity index (χ1v) is 6.20. The summed E-state index contributed by atoms with van der Waals surface area (Å²) in [6, 6.07) is 3.20. The standard InChI is InChI=1S/C9H16N4O2S/c1-9(2,3)13-16(14,15)12-8-7(10)5-4-6-11-8/h4-6,13H,10H2,1-3H3,(H,11,12). The Labute approximate surface area is 95.4 Å². The van der Waals surface area contributed by atoms with Gasteiger partial charge >= 0.3 is 10.2 Å². The van der Waals surface area contributed by atoms with Crippen molar-refractivity contribution in [3.8, 4) is 0 Å². The fourth-order valence-corrected chi connectivity index (χ4v) is 2.34. The molecule has 1 aromatic rings. The minimum atomic E-state index is -3.66. The number of nitrogen functional groups attached to an aromatic ring is 1. The molecule has 0 spiro atoms. The van der Waals surface area contributed by atoms with Crippen LogP contribution in [0.25, 0.3) is 0 Å². The van der Waals surface area contributed by atoms with E-state index in [9.17, 15) is 8.42 Å². The van der Waals surface area contributed by atoms with Gasteiger partial charge < -0.3 is 5.73 Å². The van der Waals surface area contributed by atoms with Gasteiger partial charge in [0.15, 0.2) is 5.82 Å². The fourth-order valence-electron chi connectivity index (χ4n) is 1.06. The number of rotatable bonds is 3. The molecule has 16 heavy (non-hydrogen) atoms. The summed E-state index contributed by atoms with van der Waals surface area (Å²) >= 11 is 0. The van der Waals surface area contributed by atoms with E-state index in [1.54, 1.807) is 32.9 Å². The van der Waals surface area contributed by atoms with Crippen molar-refractivity contribution in [1.29, 1.82) is 0 Å². The van der Waals surface area contributed by atoms with Crippen molar-refractivity contribution in [3.05, 3.63) is 18.3 Å². The number of hydrogen-bond acceptors (Lipinski definition) is 4. The van der Waals surface area contributed by atoms with Crippen LogP contribution in [-0.4, -0.2) is 18.9 Å². The molecular formula is C9H16N4O2S. The zero-order valence-corrected chi connectivity index (χ0v) is 10.3. The van der Waals surface area contributed by atoms with Crippen LogP contribution in [0.15, 0.2) is 18.3 Å². The molecule has 6 nitrogen and oxygen atoms in total. The predicted octanol–water partition coefficient (Wildman–Crippen LogP) is 0.709. The number of aromatic nitrogens is 1. The molecular weight excluding hydrogens is 228 g/mol. The third-order valence-electron chi connectivity index (χ3n) is 1.51. The van der Waals surface area contributed by atoms with Crippen LogP contribution in [0.4, 0.5) is 11.5 Å². The highest BCUT2D eigenvalue weighted by molar-refractivity contribution is 7.90. The summed E-state index contributed by atoms with van der Waals surface area (Å²) in [5, 5.41) is 0. The maximum atomic E-state index is 11.7. The topological polar surface area (TPSA) is 97.1 Å². The molecule has 1 heterocycles. The molecule has 0 aliphatic carbocycles. The van der Waals surface area contributed by atoms with Gasteiger partial charge in [0.1, 0.15) is 0 Å². The van der Waals surface area contributed by atoms with Crippen molar-refractivity contribution in [1.82, 2.24) is 9.71 Å². The molecule has 0 fully saturated rings. The van der Waals surface area contributed by atoms with E-state index in [0.717, 1.165) is 0 Å². The van der Waals surface area contributed by atoms with Crippen LogP contribution >= 0.6 is 0 Å². The Balaban J connectivity index is 2.86. The number of anilines is 2. The van der Waals surface area contributed by atoms with E-state index in [-0.39, 0.29) is 11.5 Å². The molecule has 4 N–H and O–H groups in total. The Bertz CT molecular complexity index is 465. The number of nitrogens with two attached hydrogens (primary N) is 1. The number of nitrogens with one attached hydrogen (secondary N) is 2. The average molecular weight is 244 g/mol. The summed E-state index contributed by atoms with van der Waals surface area (Å²) in [6.45, 7) is 5.23. The lowest BCUT2D eigenvalue weighted by Crippen LogP contribution is -2.43. The second-order valence-electron chi connectivity index (χ2n) is 4.40. The lowest BCUT2D eigenvalue weighted by Gasteiger charge is -2.20. The van der Waals surface area contributed by atoms with Gasteiger partial charge in [-0.25, -0.2) is 4.98 Å². The molecule has 0 aliphatic rings. The monoisotopic (exact) mass is 244 g/mol. The largest absolute Gasteiger partial charge is 0.396 e. The Morgan fingerprint density at radius 3 is 2.50 bits per heavy atom. The molecule has 0 saturated carbocycles. The van der Waals surface area contributed by atoms with E-state index in [1.165, 1.54) is 6.20 Å². The molecule has 0 bridgehead atoms. The van der Waals surface area contributed by atoms with Crippen LogP contribution in [0, 0.1) is 0 Å². The van der Waals surface area contributed by atoms with Crippen molar-refractivity contribution in [2.75, 3.05) is 10.5 Å². The summed E-state index contributed by atoms with van der Waals surface area (Å²) in [5.74, 6) is 0.124. The number of hydrogen-bond donors (Lipinski definition) is 3. The average Bonchev–Trinajstić information content (AvgIpc) is 2.04. The molecule has 0 saturated heterocycles. The van der Waals surface area contributed by atoms with E-state index in [0.29, 0.717) is 0 Å². The van der Waals surface area contributed by atoms with Gasteiger partial charge in [0.2, 0.25) is 0 Å². The molecule has 90 valence electrons. The lowest BCUT2D eigenvalue weighted by atomic mass is 10.1. The third-order valence-corrected chi connectivity index (χ3v) is 2.85. The quantitative estimate of drug-likeness (QED) is 0.729. The fraction of sp³-hybridized carbons (Fsp3) is 0.444. The van der Waals surface area contributed by atoms with Crippen LogP contribution in [0.1, 0.15) is 20.8 Å². The first-order valence-electron chi connectivity index (χ1n) is 4.72. The van der Waals surface area contributed by atoms with E-state index in [2.05, 4.69) is 14.4 Å². The first kappa shape index (κ1) is 12.7. The molecule has 0 atom stereocenters. The normalized spacial score (nSPS) is 12.4. The summed E-state index contributed by atoms with van der Waals surface area (Å²) in [6.07, 6.45) is 1.46. The maximum absolute atomic E-state index is 11.7. The van der Waals surface area contributed by atoms with Crippen molar-refractivity contribution in [3.63, 3.8) is 0 Å². The Kier molecular flexibility index (Phi) is 3.39. The van der Waals surface area contributed by atoms with Gasteiger partial charge in [-0.15, -0.1) is 0 Å². The van der Waals surface area contributed by atoms with Gasteiger partial charge in [-0.1, -0.05) is 0 Å². The lowest BCUT2D eigenvalue weighted by molar-refractivity contribution is 0.494. The smallest absolute Gasteiger partial charge is 0.300 e. The van der Waals surface area contributed by atoms with Crippen LogP contribution in [0.3, 0.4) is 0 Å². The highest BCUT2D eigenvalue weighted by atomic mass is 32.2. The summed E-state index contributed by atoms with van der Waals surface area (Å²) in [7, 11) is -3.66. The van der Waals surface area contributed by atoms with E-state index >= 15 is 0 Å². The molecule has 7 heteroatoms. The van der Waals surface area contributed by atoms with Gasteiger partial charge in [0, 0.05) is 11.7 Å². The van der Waals surface area contributed by atoms with E-state index in [1.807, 2.05) is 0 Å². The van der Waals surface area contributed by atoms with E-state index in [4.69, 9.17) is 5.73 Å². The predicted molar refractivity (Wildman–Crippen MR) is 64.1 cm³/mol. The van der Waals surface area contributed by atoms with Gasteiger partial charge in [-0.2, -0.15) is 13.1 Å². The minimum Gasteiger partial charge on any atom is -0.396 e. The Hall–Kier alpha value is -1.34. The first-order chi connectivity index (χ1) is 7.20. The zero-order chi connectivity index (χ0) is 12.4.